The van der Waals surface area contributed by atoms with Gasteiger partial charge in [-0.15, -0.1) is 0 Å². The zero-order valence-corrected chi connectivity index (χ0v) is 10.1. The van der Waals surface area contributed by atoms with E-state index in [1.165, 1.54) is 25.9 Å². The van der Waals surface area contributed by atoms with Crippen LogP contribution in [0.25, 0.3) is 0 Å². The van der Waals surface area contributed by atoms with Crippen LogP contribution in [0.4, 0.5) is 0 Å². The lowest BCUT2D eigenvalue weighted by Crippen LogP contribution is -2.58. The molecule has 3 fully saturated rings. The lowest BCUT2D eigenvalue weighted by molar-refractivity contribution is -0.141. The molecule has 5 heterocycles. The summed E-state index contributed by atoms with van der Waals surface area (Å²) in [5.74, 6) is 1.96. The third kappa shape index (κ3) is 1.54. The van der Waals surface area contributed by atoms with Crippen LogP contribution in [0.1, 0.15) is 12.8 Å². The topological polar surface area (TPSA) is 46.9 Å². The quantitative estimate of drug-likeness (QED) is 0.859. The molecule has 5 rings (SSSR count). The standard InChI is InChI=1S/C13H16N2O3/c1-4-15-5-2-10(1)13(9-15)7-12(14-18-13)17-11-3-6-16-8-11/h3,6-8,10,14H,1-2,4-5,9H2. The van der Waals surface area contributed by atoms with Crippen molar-refractivity contribution in [1.82, 2.24) is 10.4 Å². The summed E-state index contributed by atoms with van der Waals surface area (Å²) in [4.78, 5) is 8.29. The summed E-state index contributed by atoms with van der Waals surface area (Å²) in [6.45, 7) is 3.35. The zero-order valence-electron chi connectivity index (χ0n) is 10.1. The summed E-state index contributed by atoms with van der Waals surface area (Å²) in [5, 5.41) is 0. The van der Waals surface area contributed by atoms with Gasteiger partial charge >= 0.3 is 0 Å². The second kappa shape index (κ2) is 3.76. The number of rotatable bonds is 2. The number of hydrogen-bond acceptors (Lipinski definition) is 5. The number of piperidine rings is 3. The molecule has 5 nitrogen and oxygen atoms in total. The lowest BCUT2D eigenvalue weighted by atomic mass is 9.75. The molecule has 96 valence electrons. The van der Waals surface area contributed by atoms with E-state index in [0.29, 0.717) is 17.6 Å². The van der Waals surface area contributed by atoms with Gasteiger partial charge in [-0.1, -0.05) is 0 Å². The number of nitrogens with zero attached hydrogens (tertiary/aromatic N) is 1. The molecule has 0 aliphatic carbocycles. The molecule has 5 heteroatoms. The van der Waals surface area contributed by atoms with Gasteiger partial charge < -0.3 is 9.15 Å². The Morgan fingerprint density at radius 3 is 2.94 bits per heavy atom. The van der Waals surface area contributed by atoms with E-state index in [4.69, 9.17) is 14.0 Å². The van der Waals surface area contributed by atoms with Gasteiger partial charge in [0.15, 0.2) is 5.75 Å². The summed E-state index contributed by atoms with van der Waals surface area (Å²) in [7, 11) is 0. The largest absolute Gasteiger partial charge is 0.469 e. The maximum atomic E-state index is 5.84. The van der Waals surface area contributed by atoms with Crippen LogP contribution in [0.3, 0.4) is 0 Å². The van der Waals surface area contributed by atoms with E-state index < -0.39 is 0 Å². The highest BCUT2D eigenvalue weighted by Crippen LogP contribution is 2.41. The Labute approximate surface area is 105 Å². The Bertz CT molecular complexity index is 463. The van der Waals surface area contributed by atoms with Crippen molar-refractivity contribution in [2.24, 2.45) is 5.92 Å². The Morgan fingerprint density at radius 2 is 2.28 bits per heavy atom. The second-order valence-corrected chi connectivity index (χ2v) is 5.28. The molecule has 4 aliphatic rings. The first-order valence-corrected chi connectivity index (χ1v) is 6.43. The van der Waals surface area contributed by atoms with E-state index in [1.54, 1.807) is 18.6 Å². The second-order valence-electron chi connectivity index (χ2n) is 5.28. The van der Waals surface area contributed by atoms with E-state index in [-0.39, 0.29) is 5.60 Å². The maximum Gasteiger partial charge on any atom is 0.216 e. The van der Waals surface area contributed by atoms with Crippen LogP contribution in [-0.4, -0.2) is 30.1 Å². The molecule has 3 saturated heterocycles. The highest BCUT2D eigenvalue weighted by Gasteiger charge is 2.50. The van der Waals surface area contributed by atoms with Crippen molar-refractivity contribution in [2.45, 2.75) is 18.4 Å². The van der Waals surface area contributed by atoms with Crippen LogP contribution >= 0.6 is 0 Å². The summed E-state index contributed by atoms with van der Waals surface area (Å²) < 4.78 is 10.6. The van der Waals surface area contributed by atoms with Crippen molar-refractivity contribution < 1.29 is 14.0 Å². The predicted octanol–water partition coefficient (Wildman–Crippen LogP) is 1.50. The fourth-order valence-electron chi connectivity index (χ4n) is 3.25. The fourth-order valence-corrected chi connectivity index (χ4v) is 3.25. The average Bonchev–Trinajstić information content (AvgIpc) is 3.02. The number of hydroxylamine groups is 1. The van der Waals surface area contributed by atoms with Crippen LogP contribution in [0.2, 0.25) is 0 Å². The number of fused-ring (bicyclic) bond motifs is 2. The van der Waals surface area contributed by atoms with Crippen LogP contribution in [0.5, 0.6) is 5.75 Å². The molecule has 1 unspecified atom stereocenters. The summed E-state index contributed by atoms with van der Waals surface area (Å²) >= 11 is 0. The minimum absolute atomic E-state index is 0.199. The third-order valence-electron chi connectivity index (χ3n) is 4.19. The van der Waals surface area contributed by atoms with Crippen LogP contribution in [0.15, 0.2) is 35.0 Å². The SMILES string of the molecule is C1=C(Oc2ccoc2)NOC12CN1CCC2CC1. The van der Waals surface area contributed by atoms with Crippen molar-refractivity contribution >= 4 is 0 Å². The van der Waals surface area contributed by atoms with E-state index in [2.05, 4.69) is 16.5 Å². The van der Waals surface area contributed by atoms with Gasteiger partial charge in [0.2, 0.25) is 5.88 Å². The first kappa shape index (κ1) is 10.5. The van der Waals surface area contributed by atoms with Crippen LogP contribution in [-0.2, 0) is 4.84 Å². The van der Waals surface area contributed by atoms with E-state index in [9.17, 15) is 0 Å². The van der Waals surface area contributed by atoms with Crippen molar-refractivity contribution in [3.05, 3.63) is 30.6 Å². The van der Waals surface area contributed by atoms with E-state index in [1.807, 2.05) is 0 Å². The van der Waals surface area contributed by atoms with E-state index >= 15 is 0 Å². The highest BCUT2D eigenvalue weighted by molar-refractivity contribution is 5.22. The molecule has 2 bridgehead atoms. The van der Waals surface area contributed by atoms with Crippen molar-refractivity contribution in [3.63, 3.8) is 0 Å². The molecule has 1 spiro atoms. The van der Waals surface area contributed by atoms with Gasteiger partial charge in [-0.2, -0.15) is 0 Å². The smallest absolute Gasteiger partial charge is 0.216 e. The Hall–Kier alpha value is -1.46. The monoisotopic (exact) mass is 248 g/mol. The Kier molecular flexibility index (Phi) is 2.19. The molecule has 1 aromatic rings. The Morgan fingerprint density at radius 1 is 1.39 bits per heavy atom. The summed E-state index contributed by atoms with van der Waals surface area (Å²) in [6, 6.07) is 1.78. The van der Waals surface area contributed by atoms with Crippen LogP contribution < -0.4 is 10.2 Å². The van der Waals surface area contributed by atoms with E-state index in [0.717, 1.165) is 6.54 Å². The molecule has 0 aromatic carbocycles. The van der Waals surface area contributed by atoms with Gasteiger partial charge in [0.25, 0.3) is 0 Å². The maximum absolute atomic E-state index is 5.84. The van der Waals surface area contributed by atoms with Crippen LogP contribution in [0, 0.1) is 5.92 Å². The number of hydrogen-bond donors (Lipinski definition) is 1. The number of ether oxygens (including phenoxy) is 1. The van der Waals surface area contributed by atoms with Crippen molar-refractivity contribution in [1.29, 1.82) is 0 Å². The molecule has 1 atom stereocenters. The van der Waals surface area contributed by atoms with Gasteiger partial charge in [-0.05, 0) is 31.8 Å². The number of nitrogens with one attached hydrogen (secondary N) is 1. The van der Waals surface area contributed by atoms with Gasteiger partial charge in [-0.25, -0.2) is 5.48 Å². The molecule has 1 N–H and O–H groups in total. The van der Waals surface area contributed by atoms with Crippen molar-refractivity contribution in [2.75, 3.05) is 19.6 Å². The van der Waals surface area contributed by atoms with Crippen molar-refractivity contribution in [3.8, 4) is 5.75 Å². The van der Waals surface area contributed by atoms with Gasteiger partial charge in [0.05, 0.1) is 6.26 Å². The zero-order chi connectivity index (χ0) is 12.0. The Balaban J connectivity index is 1.56. The molecular formula is C13H16N2O3. The van der Waals surface area contributed by atoms with Gasteiger partial charge in [0.1, 0.15) is 11.9 Å². The third-order valence-corrected chi connectivity index (χ3v) is 4.19. The first-order valence-electron chi connectivity index (χ1n) is 6.43. The minimum Gasteiger partial charge on any atom is -0.469 e. The molecule has 0 radical (unpaired) electrons. The van der Waals surface area contributed by atoms with Gasteiger partial charge in [0, 0.05) is 18.7 Å². The summed E-state index contributed by atoms with van der Waals surface area (Å²) in [5.41, 5.74) is 2.71. The minimum atomic E-state index is -0.199. The lowest BCUT2D eigenvalue weighted by Gasteiger charge is -2.48. The van der Waals surface area contributed by atoms with Gasteiger partial charge in [-0.3, -0.25) is 9.74 Å². The predicted molar refractivity (Wildman–Crippen MR) is 63.5 cm³/mol. The molecular weight excluding hydrogens is 232 g/mol. The molecule has 4 aliphatic heterocycles. The molecule has 0 amide bonds. The number of furan rings is 1. The summed E-state index contributed by atoms with van der Waals surface area (Å²) in [6.07, 6.45) is 7.67. The molecule has 18 heavy (non-hydrogen) atoms. The molecule has 1 aromatic heterocycles. The first-order chi connectivity index (χ1) is 8.84. The highest BCUT2D eigenvalue weighted by atomic mass is 16.7. The molecule has 0 saturated carbocycles. The fraction of sp³-hybridized carbons (Fsp3) is 0.538. The average molecular weight is 248 g/mol. The normalized spacial score (nSPS) is 37.7.